The molecule has 1 atom stereocenters. The van der Waals surface area contributed by atoms with Crippen LogP contribution in [-0.2, 0) is 19.4 Å². The summed E-state index contributed by atoms with van der Waals surface area (Å²) in [6, 6.07) is -0.361. The van der Waals surface area contributed by atoms with E-state index < -0.39 is 21.8 Å². The summed E-state index contributed by atoms with van der Waals surface area (Å²) in [7, 11) is -3.19. The molecule has 1 saturated carbocycles. The molecular weight excluding hydrogens is 272 g/mol. The van der Waals surface area contributed by atoms with E-state index in [4.69, 9.17) is 5.11 Å². The second kappa shape index (κ2) is 5.46. The molecule has 2 rings (SSSR count). The van der Waals surface area contributed by atoms with E-state index in [-0.39, 0.29) is 43.0 Å². The first-order chi connectivity index (χ1) is 8.85. The smallest absolute Gasteiger partial charge is 0.304 e. The van der Waals surface area contributed by atoms with E-state index in [1.54, 1.807) is 4.90 Å². The first-order valence-electron chi connectivity index (χ1n) is 6.31. The summed E-state index contributed by atoms with van der Waals surface area (Å²) in [6.07, 6.45) is 1.72. The molecule has 2 N–H and O–H groups in total. The molecule has 7 nitrogen and oxygen atoms in total. The number of carbonyl (C=O) groups excluding carboxylic acids is 1. The van der Waals surface area contributed by atoms with Crippen LogP contribution in [0.2, 0.25) is 0 Å². The van der Waals surface area contributed by atoms with Gasteiger partial charge in [0.05, 0.1) is 24.5 Å². The lowest BCUT2D eigenvalue weighted by Gasteiger charge is -2.33. The van der Waals surface area contributed by atoms with Gasteiger partial charge in [0.15, 0.2) is 9.84 Å². The quantitative estimate of drug-likeness (QED) is 0.662. The number of hydrogen-bond acceptors (Lipinski definition) is 5. The van der Waals surface area contributed by atoms with Crippen molar-refractivity contribution in [2.75, 3.05) is 24.6 Å². The van der Waals surface area contributed by atoms with E-state index >= 15 is 0 Å². The van der Waals surface area contributed by atoms with E-state index in [0.29, 0.717) is 0 Å². The van der Waals surface area contributed by atoms with Gasteiger partial charge in [0.2, 0.25) is 5.91 Å². The van der Waals surface area contributed by atoms with Crippen molar-refractivity contribution in [3.63, 3.8) is 0 Å². The molecule has 19 heavy (non-hydrogen) atoms. The molecular formula is C11H18N2O5S. The predicted molar refractivity (Wildman–Crippen MR) is 67.4 cm³/mol. The standard InChI is InChI=1S/C11H18N2O5S/c14-10(12-8-1-2-8)6-13-3-4-19(17,18)7-9(13)5-11(15)16/h8-9H,1-7H2,(H,12,14)(H,15,16). The number of nitrogens with zero attached hydrogens (tertiary/aromatic N) is 1. The summed E-state index contributed by atoms with van der Waals surface area (Å²) in [5, 5.41) is 11.6. The summed E-state index contributed by atoms with van der Waals surface area (Å²) < 4.78 is 23.1. The van der Waals surface area contributed by atoms with Crippen molar-refractivity contribution in [3.8, 4) is 0 Å². The van der Waals surface area contributed by atoms with Crippen LogP contribution < -0.4 is 5.32 Å². The van der Waals surface area contributed by atoms with Gasteiger partial charge in [0, 0.05) is 18.6 Å². The molecule has 0 radical (unpaired) electrons. The normalized spacial score (nSPS) is 26.8. The second-order valence-corrected chi connectivity index (χ2v) is 7.41. The fourth-order valence-corrected chi connectivity index (χ4v) is 3.80. The average Bonchev–Trinajstić information content (AvgIpc) is 3.04. The van der Waals surface area contributed by atoms with Crippen LogP contribution in [-0.4, -0.2) is 67.0 Å². The monoisotopic (exact) mass is 290 g/mol. The van der Waals surface area contributed by atoms with Crippen LogP contribution in [0.4, 0.5) is 0 Å². The van der Waals surface area contributed by atoms with Crippen molar-refractivity contribution in [1.29, 1.82) is 0 Å². The highest BCUT2D eigenvalue weighted by Gasteiger charge is 2.34. The third kappa shape index (κ3) is 4.46. The number of aliphatic carboxylic acids is 1. The van der Waals surface area contributed by atoms with Gasteiger partial charge < -0.3 is 10.4 Å². The number of rotatable bonds is 5. The van der Waals surface area contributed by atoms with E-state index in [0.717, 1.165) is 12.8 Å². The fourth-order valence-electron chi connectivity index (χ4n) is 2.20. The van der Waals surface area contributed by atoms with Crippen molar-refractivity contribution in [1.82, 2.24) is 10.2 Å². The predicted octanol–water partition coefficient (Wildman–Crippen LogP) is -1.16. The zero-order valence-corrected chi connectivity index (χ0v) is 11.4. The van der Waals surface area contributed by atoms with E-state index in [2.05, 4.69) is 5.32 Å². The Morgan fingerprint density at radius 3 is 2.58 bits per heavy atom. The molecule has 8 heteroatoms. The van der Waals surface area contributed by atoms with Crippen LogP contribution in [0.3, 0.4) is 0 Å². The van der Waals surface area contributed by atoms with Crippen molar-refractivity contribution in [3.05, 3.63) is 0 Å². The highest BCUT2D eigenvalue weighted by atomic mass is 32.2. The van der Waals surface area contributed by atoms with Crippen LogP contribution in [0.15, 0.2) is 0 Å². The third-order valence-corrected chi connectivity index (χ3v) is 5.05. The zero-order chi connectivity index (χ0) is 14.0. The maximum absolute atomic E-state index is 11.7. The number of nitrogens with one attached hydrogen (secondary N) is 1. The number of hydrogen-bond donors (Lipinski definition) is 2. The van der Waals surface area contributed by atoms with Crippen molar-refractivity contribution >= 4 is 21.7 Å². The Balaban J connectivity index is 1.95. The Kier molecular flexibility index (Phi) is 4.10. The van der Waals surface area contributed by atoms with Gasteiger partial charge in [-0.1, -0.05) is 0 Å². The summed E-state index contributed by atoms with van der Waals surface area (Å²) in [5.74, 6) is -1.40. The molecule has 1 unspecified atom stereocenters. The Morgan fingerprint density at radius 2 is 2.00 bits per heavy atom. The van der Waals surface area contributed by atoms with Gasteiger partial charge in [-0.05, 0) is 12.8 Å². The summed E-state index contributed by atoms with van der Waals surface area (Å²) in [4.78, 5) is 24.1. The number of carbonyl (C=O) groups is 2. The lowest BCUT2D eigenvalue weighted by Crippen LogP contribution is -2.52. The highest BCUT2D eigenvalue weighted by Crippen LogP contribution is 2.19. The molecule has 0 aromatic carbocycles. The minimum absolute atomic E-state index is 0.0141. The summed E-state index contributed by atoms with van der Waals surface area (Å²) in [6.45, 7) is 0.294. The van der Waals surface area contributed by atoms with Gasteiger partial charge in [-0.3, -0.25) is 14.5 Å². The third-order valence-electron chi connectivity index (χ3n) is 3.35. The summed E-state index contributed by atoms with van der Waals surface area (Å²) >= 11 is 0. The molecule has 2 fully saturated rings. The zero-order valence-electron chi connectivity index (χ0n) is 10.5. The highest BCUT2D eigenvalue weighted by molar-refractivity contribution is 7.91. The first kappa shape index (κ1) is 14.3. The van der Waals surface area contributed by atoms with Gasteiger partial charge in [-0.25, -0.2) is 8.42 Å². The molecule has 0 bridgehead atoms. The average molecular weight is 290 g/mol. The number of carboxylic acid groups (broad SMARTS) is 1. The van der Waals surface area contributed by atoms with Crippen LogP contribution in [0.25, 0.3) is 0 Å². The lowest BCUT2D eigenvalue weighted by molar-refractivity contribution is -0.138. The molecule has 1 heterocycles. The molecule has 1 aliphatic carbocycles. The van der Waals surface area contributed by atoms with Gasteiger partial charge in [-0.15, -0.1) is 0 Å². The lowest BCUT2D eigenvalue weighted by atomic mass is 10.2. The maximum Gasteiger partial charge on any atom is 0.304 e. The van der Waals surface area contributed by atoms with E-state index in [1.165, 1.54) is 0 Å². The Hall–Kier alpha value is -1.15. The molecule has 1 amide bonds. The number of amides is 1. The van der Waals surface area contributed by atoms with Crippen molar-refractivity contribution < 1.29 is 23.1 Å². The number of carboxylic acids is 1. The Morgan fingerprint density at radius 1 is 1.32 bits per heavy atom. The summed E-state index contributed by atoms with van der Waals surface area (Å²) in [5.41, 5.74) is 0. The molecule has 108 valence electrons. The van der Waals surface area contributed by atoms with E-state index in [9.17, 15) is 18.0 Å². The second-order valence-electron chi connectivity index (χ2n) is 5.18. The van der Waals surface area contributed by atoms with Gasteiger partial charge in [0.25, 0.3) is 0 Å². The maximum atomic E-state index is 11.7. The van der Waals surface area contributed by atoms with Crippen LogP contribution in [0.1, 0.15) is 19.3 Å². The SMILES string of the molecule is O=C(O)CC1CS(=O)(=O)CCN1CC(=O)NC1CC1. The molecule has 0 aromatic rings. The fraction of sp³-hybridized carbons (Fsp3) is 0.818. The van der Waals surface area contributed by atoms with E-state index in [1.807, 2.05) is 0 Å². The largest absolute Gasteiger partial charge is 0.481 e. The van der Waals surface area contributed by atoms with Crippen LogP contribution in [0, 0.1) is 0 Å². The Labute approximate surface area is 111 Å². The van der Waals surface area contributed by atoms with Gasteiger partial charge in [0.1, 0.15) is 0 Å². The molecule has 2 aliphatic rings. The van der Waals surface area contributed by atoms with Gasteiger partial charge in [-0.2, -0.15) is 0 Å². The van der Waals surface area contributed by atoms with Crippen LogP contribution in [0.5, 0.6) is 0 Å². The minimum atomic E-state index is -3.19. The topological polar surface area (TPSA) is 104 Å². The van der Waals surface area contributed by atoms with Crippen LogP contribution >= 0.6 is 0 Å². The molecule has 1 saturated heterocycles. The molecule has 0 spiro atoms. The van der Waals surface area contributed by atoms with Crippen molar-refractivity contribution in [2.45, 2.75) is 31.3 Å². The van der Waals surface area contributed by atoms with Crippen molar-refractivity contribution in [2.24, 2.45) is 0 Å². The first-order valence-corrected chi connectivity index (χ1v) is 8.13. The Bertz CT molecular complexity index is 471. The minimum Gasteiger partial charge on any atom is -0.481 e. The number of sulfone groups is 1. The molecule has 1 aliphatic heterocycles. The molecule has 0 aromatic heterocycles. The van der Waals surface area contributed by atoms with Gasteiger partial charge >= 0.3 is 5.97 Å².